The van der Waals surface area contributed by atoms with Crippen molar-refractivity contribution >= 4 is 34.7 Å². The molecule has 2 fully saturated rings. The lowest BCUT2D eigenvalue weighted by Gasteiger charge is -2.30. The lowest BCUT2D eigenvalue weighted by Crippen LogP contribution is -2.36. The zero-order chi connectivity index (χ0) is 26.8. The van der Waals surface area contributed by atoms with Gasteiger partial charge in [0.15, 0.2) is 5.11 Å². The molecule has 0 spiro atoms. The molecule has 0 bridgehead atoms. The van der Waals surface area contributed by atoms with Crippen molar-refractivity contribution in [1.82, 2.24) is 10.3 Å². The number of methoxy groups -OCH3 is 1. The molecule has 0 unspecified atom stereocenters. The highest BCUT2D eigenvalue weighted by molar-refractivity contribution is 7.80. The Hall–Kier alpha value is -4.21. The molecule has 6 rings (SSSR count). The van der Waals surface area contributed by atoms with E-state index in [0.29, 0.717) is 27.8 Å². The maximum absolute atomic E-state index is 12.4. The van der Waals surface area contributed by atoms with Gasteiger partial charge in [0.25, 0.3) is 0 Å². The number of ether oxygens (including phenoxy) is 2. The zero-order valence-electron chi connectivity index (χ0n) is 21.4. The van der Waals surface area contributed by atoms with E-state index >= 15 is 0 Å². The standard InChI is InChI=1S/C30H28N4O4S/c1-36-29(35)23-7-3-2-6-22(23)25-13-14-26(38-25)28-27(24-8-4-5-15-31-24)32-30(39)34(28)21-11-9-20(10-12-21)33-16-18-37-19-17-33/h2-15,27-28H,16-19H2,1H3,(H,32,39)/t27-,28-/m0/s1. The Morgan fingerprint density at radius 2 is 1.72 bits per heavy atom. The number of esters is 1. The third kappa shape index (κ3) is 4.86. The summed E-state index contributed by atoms with van der Waals surface area (Å²) in [7, 11) is 1.37. The number of hydrogen-bond acceptors (Lipinski definition) is 7. The van der Waals surface area contributed by atoms with Gasteiger partial charge in [-0.05, 0) is 66.8 Å². The molecule has 0 saturated carbocycles. The number of morpholine rings is 1. The molecule has 2 aliphatic heterocycles. The van der Waals surface area contributed by atoms with Crippen LogP contribution < -0.4 is 15.1 Å². The number of furan rings is 1. The van der Waals surface area contributed by atoms with E-state index in [1.165, 1.54) is 7.11 Å². The number of carbonyl (C=O) groups is 1. The number of anilines is 2. The van der Waals surface area contributed by atoms with Crippen LogP contribution in [0, 0.1) is 0 Å². The van der Waals surface area contributed by atoms with Crippen LogP contribution in [0.3, 0.4) is 0 Å². The van der Waals surface area contributed by atoms with Crippen molar-refractivity contribution < 1.29 is 18.7 Å². The van der Waals surface area contributed by atoms with Gasteiger partial charge in [0, 0.05) is 36.2 Å². The Labute approximate surface area is 232 Å². The van der Waals surface area contributed by atoms with Gasteiger partial charge < -0.3 is 29.0 Å². The van der Waals surface area contributed by atoms with Gasteiger partial charge in [0.1, 0.15) is 17.6 Å². The third-order valence-corrected chi connectivity index (χ3v) is 7.43. The van der Waals surface area contributed by atoms with Gasteiger partial charge in [-0.3, -0.25) is 4.98 Å². The van der Waals surface area contributed by atoms with Crippen LogP contribution in [0.1, 0.15) is 33.9 Å². The smallest absolute Gasteiger partial charge is 0.338 e. The number of nitrogens with one attached hydrogen (secondary N) is 1. The zero-order valence-corrected chi connectivity index (χ0v) is 22.3. The highest BCUT2D eigenvalue weighted by Crippen LogP contribution is 2.43. The summed E-state index contributed by atoms with van der Waals surface area (Å²) in [4.78, 5) is 21.4. The number of hydrogen-bond donors (Lipinski definition) is 1. The Kier molecular flexibility index (Phi) is 7.00. The van der Waals surface area contributed by atoms with Crippen molar-refractivity contribution in [3.8, 4) is 11.3 Å². The minimum atomic E-state index is -0.416. The van der Waals surface area contributed by atoms with E-state index in [1.807, 2.05) is 42.5 Å². The first kappa shape index (κ1) is 25.1. The molecular weight excluding hydrogens is 512 g/mol. The number of carbonyl (C=O) groups excluding carboxylic acids is 1. The van der Waals surface area contributed by atoms with Gasteiger partial charge in [0.05, 0.1) is 37.6 Å². The van der Waals surface area contributed by atoms with Gasteiger partial charge in [-0.25, -0.2) is 4.79 Å². The first-order valence-electron chi connectivity index (χ1n) is 12.8. The molecule has 2 aromatic heterocycles. The molecule has 0 radical (unpaired) electrons. The quantitative estimate of drug-likeness (QED) is 0.264. The SMILES string of the molecule is COC(=O)c1ccccc1-c1ccc([C@H]2[C@H](c3ccccn3)NC(=S)N2c2ccc(N3CCOCC3)cc2)o1. The number of benzene rings is 2. The minimum absolute atomic E-state index is 0.243. The van der Waals surface area contributed by atoms with Crippen LogP contribution in [0.25, 0.3) is 11.3 Å². The van der Waals surface area contributed by atoms with Gasteiger partial charge >= 0.3 is 5.97 Å². The normalized spacial score (nSPS) is 19.2. The van der Waals surface area contributed by atoms with Crippen molar-refractivity contribution in [3.63, 3.8) is 0 Å². The molecule has 2 aliphatic rings. The molecule has 39 heavy (non-hydrogen) atoms. The summed E-state index contributed by atoms with van der Waals surface area (Å²) in [5, 5.41) is 4.05. The average Bonchev–Trinajstić information content (AvgIpc) is 3.62. The Morgan fingerprint density at radius 3 is 2.46 bits per heavy atom. The van der Waals surface area contributed by atoms with Gasteiger partial charge in [0.2, 0.25) is 0 Å². The molecular formula is C30H28N4O4S. The fourth-order valence-corrected chi connectivity index (χ4v) is 5.56. The third-order valence-electron chi connectivity index (χ3n) is 7.12. The maximum atomic E-state index is 12.4. The first-order valence-corrected chi connectivity index (χ1v) is 13.3. The molecule has 2 saturated heterocycles. The second kappa shape index (κ2) is 10.9. The van der Waals surface area contributed by atoms with E-state index in [9.17, 15) is 4.79 Å². The lowest BCUT2D eigenvalue weighted by molar-refractivity contribution is 0.0601. The van der Waals surface area contributed by atoms with Crippen molar-refractivity contribution in [3.05, 3.63) is 102 Å². The van der Waals surface area contributed by atoms with Crippen LogP contribution in [0.4, 0.5) is 11.4 Å². The predicted molar refractivity (Wildman–Crippen MR) is 153 cm³/mol. The molecule has 0 aliphatic carbocycles. The molecule has 0 amide bonds. The van der Waals surface area contributed by atoms with Crippen LogP contribution in [0.15, 0.2) is 89.5 Å². The first-order chi connectivity index (χ1) is 19.1. The van der Waals surface area contributed by atoms with E-state index in [1.54, 1.807) is 18.3 Å². The van der Waals surface area contributed by atoms with Crippen LogP contribution in [0.2, 0.25) is 0 Å². The summed E-state index contributed by atoms with van der Waals surface area (Å²) in [5.41, 5.74) is 4.06. The van der Waals surface area contributed by atoms with Crippen LogP contribution in [-0.2, 0) is 9.47 Å². The highest BCUT2D eigenvalue weighted by Gasteiger charge is 2.42. The van der Waals surface area contributed by atoms with E-state index in [-0.39, 0.29) is 12.1 Å². The lowest BCUT2D eigenvalue weighted by atomic mass is 10.0. The Morgan fingerprint density at radius 1 is 0.974 bits per heavy atom. The Balaban J connectivity index is 1.38. The number of thiocarbonyl (C=S) groups is 1. The summed E-state index contributed by atoms with van der Waals surface area (Å²) in [6.07, 6.45) is 1.77. The highest BCUT2D eigenvalue weighted by atomic mass is 32.1. The molecule has 1 N–H and O–H groups in total. The topological polar surface area (TPSA) is 80.1 Å². The predicted octanol–water partition coefficient (Wildman–Crippen LogP) is 5.14. The molecule has 198 valence electrons. The van der Waals surface area contributed by atoms with E-state index in [0.717, 1.165) is 43.4 Å². The largest absolute Gasteiger partial charge is 0.465 e. The van der Waals surface area contributed by atoms with Crippen LogP contribution in [-0.4, -0.2) is 49.5 Å². The number of pyridine rings is 1. The maximum Gasteiger partial charge on any atom is 0.338 e. The second-order valence-corrected chi connectivity index (χ2v) is 9.74. The van der Waals surface area contributed by atoms with Crippen molar-refractivity contribution in [2.45, 2.75) is 12.1 Å². The number of nitrogens with zero attached hydrogens (tertiary/aromatic N) is 3. The van der Waals surface area contributed by atoms with Gasteiger partial charge in [-0.2, -0.15) is 0 Å². The molecule has 2 atom stereocenters. The summed E-state index contributed by atoms with van der Waals surface area (Å²) in [6, 6.07) is 24.8. The van der Waals surface area contributed by atoms with Crippen molar-refractivity contribution in [1.29, 1.82) is 0 Å². The summed E-state index contributed by atoms with van der Waals surface area (Å²) in [6.45, 7) is 3.20. The van der Waals surface area contributed by atoms with Gasteiger partial charge in [-0.15, -0.1) is 0 Å². The van der Waals surface area contributed by atoms with E-state index in [2.05, 4.69) is 44.4 Å². The van der Waals surface area contributed by atoms with E-state index in [4.69, 9.17) is 26.1 Å². The number of aromatic nitrogens is 1. The van der Waals surface area contributed by atoms with Crippen LogP contribution in [0.5, 0.6) is 0 Å². The Bertz CT molecular complexity index is 1470. The second-order valence-electron chi connectivity index (χ2n) is 9.35. The van der Waals surface area contributed by atoms with Gasteiger partial charge in [-0.1, -0.05) is 24.3 Å². The molecule has 8 nitrogen and oxygen atoms in total. The number of rotatable bonds is 6. The fourth-order valence-electron chi connectivity index (χ4n) is 5.21. The molecule has 2 aromatic carbocycles. The van der Waals surface area contributed by atoms with Crippen molar-refractivity contribution in [2.75, 3.05) is 43.2 Å². The summed E-state index contributed by atoms with van der Waals surface area (Å²) in [5.74, 6) is 0.858. The molecule has 4 aromatic rings. The monoisotopic (exact) mass is 540 g/mol. The van der Waals surface area contributed by atoms with Crippen LogP contribution >= 0.6 is 12.2 Å². The summed E-state index contributed by atoms with van der Waals surface area (Å²) < 4.78 is 16.9. The minimum Gasteiger partial charge on any atom is -0.465 e. The fraction of sp³-hybridized carbons (Fsp3) is 0.233. The van der Waals surface area contributed by atoms with E-state index < -0.39 is 5.97 Å². The average molecular weight is 541 g/mol. The molecule has 4 heterocycles. The summed E-state index contributed by atoms with van der Waals surface area (Å²) >= 11 is 5.86. The molecule has 9 heteroatoms. The van der Waals surface area contributed by atoms with Crippen molar-refractivity contribution in [2.24, 2.45) is 0 Å².